The zero-order chi connectivity index (χ0) is 15.3. The van der Waals surface area contributed by atoms with E-state index in [0.29, 0.717) is 6.04 Å². The summed E-state index contributed by atoms with van der Waals surface area (Å²) in [5, 5.41) is 0. The fraction of sp³-hybridized carbons (Fsp3) is 1.00. The van der Waals surface area contributed by atoms with Crippen molar-refractivity contribution in [3.8, 4) is 0 Å². The zero-order valence-corrected chi connectivity index (χ0v) is 15.3. The van der Waals surface area contributed by atoms with Crippen molar-refractivity contribution in [2.45, 2.75) is 60.9 Å². The number of rotatable bonds is 10. The molecule has 0 atom stereocenters. The van der Waals surface area contributed by atoms with E-state index in [4.69, 9.17) is 8.37 Å². The van der Waals surface area contributed by atoms with Crippen LogP contribution < -0.4 is 0 Å². The lowest BCUT2D eigenvalue weighted by molar-refractivity contribution is 0.231. The van der Waals surface area contributed by atoms with Gasteiger partial charge in [0.05, 0.1) is 13.2 Å². The van der Waals surface area contributed by atoms with Crippen LogP contribution >= 0.6 is 10.6 Å². The smallest absolute Gasteiger partial charge is 0.0685 e. The molecule has 0 fully saturated rings. The fourth-order valence-electron chi connectivity index (χ4n) is 1.96. The van der Waals surface area contributed by atoms with Crippen LogP contribution in [0.4, 0.5) is 0 Å². The topological polar surface area (TPSA) is 21.7 Å². The Labute approximate surface area is 123 Å². The van der Waals surface area contributed by atoms with Crippen LogP contribution in [-0.4, -0.2) is 49.3 Å². The van der Waals surface area contributed by atoms with Gasteiger partial charge in [-0.15, -0.1) is 0 Å². The third-order valence-electron chi connectivity index (χ3n) is 2.83. The maximum Gasteiger partial charge on any atom is 0.0685 e. The Morgan fingerprint density at radius 2 is 1.47 bits per heavy atom. The van der Waals surface area contributed by atoms with E-state index in [1.54, 1.807) is 0 Å². The van der Waals surface area contributed by atoms with Gasteiger partial charge in [0, 0.05) is 18.1 Å². The van der Waals surface area contributed by atoms with Crippen LogP contribution in [0, 0.1) is 0 Å². The van der Waals surface area contributed by atoms with Crippen molar-refractivity contribution in [3.63, 3.8) is 0 Å². The first-order valence-corrected chi connectivity index (χ1v) is 9.83. The van der Waals surface area contributed by atoms with Crippen molar-refractivity contribution in [2.75, 3.05) is 38.3 Å². The van der Waals surface area contributed by atoms with Gasteiger partial charge in [0.2, 0.25) is 0 Å². The Hall–Kier alpha value is 0.230. The fourth-order valence-corrected chi connectivity index (χ4v) is 3.92. The highest BCUT2D eigenvalue weighted by molar-refractivity contribution is 8.25. The molecule has 0 saturated heterocycles. The zero-order valence-electron chi connectivity index (χ0n) is 14.5. The first-order chi connectivity index (χ1) is 8.99. The molecule has 0 aliphatic heterocycles. The van der Waals surface area contributed by atoms with Crippen molar-refractivity contribution in [1.82, 2.24) is 4.90 Å². The van der Waals surface area contributed by atoms with Crippen molar-refractivity contribution in [3.05, 3.63) is 0 Å². The molecule has 0 unspecified atom stereocenters. The van der Waals surface area contributed by atoms with Gasteiger partial charge in [0.15, 0.2) is 0 Å². The van der Waals surface area contributed by atoms with E-state index in [2.05, 4.69) is 31.9 Å². The number of hydrogen-bond acceptors (Lipinski definition) is 3. The molecule has 0 aliphatic carbocycles. The molecule has 0 radical (unpaired) electrons. The molecule has 3 nitrogen and oxygen atoms in total. The van der Waals surface area contributed by atoms with Crippen LogP contribution in [-0.2, 0) is 8.37 Å². The second-order valence-corrected chi connectivity index (χ2v) is 7.25. The second kappa shape index (κ2) is 13.2. The van der Waals surface area contributed by atoms with Gasteiger partial charge in [-0.25, -0.2) is 0 Å². The minimum Gasteiger partial charge on any atom is -0.301 e. The quantitative estimate of drug-likeness (QED) is 0.593. The lowest BCUT2D eigenvalue weighted by Gasteiger charge is -2.39. The minimum atomic E-state index is -1.30. The van der Waals surface area contributed by atoms with Gasteiger partial charge in [-0.1, -0.05) is 20.8 Å². The van der Waals surface area contributed by atoms with Crippen molar-refractivity contribution >= 4 is 10.6 Å². The van der Waals surface area contributed by atoms with E-state index in [1.807, 2.05) is 27.7 Å². The average Bonchev–Trinajstić information content (AvgIpc) is 2.37. The van der Waals surface area contributed by atoms with Gasteiger partial charge >= 0.3 is 0 Å². The van der Waals surface area contributed by atoms with Gasteiger partial charge in [-0.05, 0) is 47.2 Å². The molecule has 0 rings (SSSR count). The highest BCUT2D eigenvalue weighted by Crippen LogP contribution is 2.46. The summed E-state index contributed by atoms with van der Waals surface area (Å²) in [5.74, 6) is 1.04. The molecular weight excluding hydrogens is 258 g/mol. The molecule has 0 heterocycles. The van der Waals surface area contributed by atoms with Gasteiger partial charge in [0.25, 0.3) is 0 Å². The lowest BCUT2D eigenvalue weighted by Crippen LogP contribution is -2.32. The van der Waals surface area contributed by atoms with Crippen LogP contribution in [0.15, 0.2) is 0 Å². The Morgan fingerprint density at radius 1 is 1.00 bits per heavy atom. The first-order valence-electron chi connectivity index (χ1n) is 7.77. The summed E-state index contributed by atoms with van der Waals surface area (Å²) in [6, 6.07) is 0.625. The molecule has 0 aromatic carbocycles. The van der Waals surface area contributed by atoms with Crippen molar-refractivity contribution in [2.24, 2.45) is 0 Å². The predicted molar refractivity (Wildman–Crippen MR) is 90.0 cm³/mol. The third kappa shape index (κ3) is 10.7. The summed E-state index contributed by atoms with van der Waals surface area (Å²) in [4.78, 5) is 2.48. The summed E-state index contributed by atoms with van der Waals surface area (Å²) >= 11 is 0. The SMILES string of the molecule is CC.CCOS(C)(CCCN(CC)C(C)C)OCC. The molecule has 4 heteroatoms. The van der Waals surface area contributed by atoms with E-state index in [0.717, 1.165) is 38.5 Å². The van der Waals surface area contributed by atoms with Gasteiger partial charge in [-0.2, -0.15) is 10.6 Å². The highest BCUT2D eigenvalue weighted by Gasteiger charge is 2.15. The van der Waals surface area contributed by atoms with Crippen molar-refractivity contribution in [1.29, 1.82) is 0 Å². The predicted octanol–water partition coefficient (Wildman–Crippen LogP) is 4.47. The molecule has 0 spiro atoms. The Bertz CT molecular complexity index is 183. The lowest BCUT2D eigenvalue weighted by atomic mass is 10.3. The van der Waals surface area contributed by atoms with Crippen molar-refractivity contribution < 1.29 is 8.37 Å². The summed E-state index contributed by atoms with van der Waals surface area (Å²) in [6.07, 6.45) is 3.28. The Morgan fingerprint density at radius 3 is 1.79 bits per heavy atom. The molecule has 19 heavy (non-hydrogen) atoms. The first kappa shape index (κ1) is 21.5. The summed E-state index contributed by atoms with van der Waals surface area (Å²) in [6.45, 7) is 18.5. The van der Waals surface area contributed by atoms with E-state index >= 15 is 0 Å². The summed E-state index contributed by atoms with van der Waals surface area (Å²) in [5.41, 5.74) is 0. The molecule has 0 aromatic heterocycles. The van der Waals surface area contributed by atoms with E-state index in [1.165, 1.54) is 0 Å². The third-order valence-corrected chi connectivity index (χ3v) is 5.33. The second-order valence-electron chi connectivity index (χ2n) is 4.52. The number of hydrogen-bond donors (Lipinski definition) is 0. The van der Waals surface area contributed by atoms with Gasteiger partial charge < -0.3 is 4.90 Å². The highest BCUT2D eigenvalue weighted by atomic mass is 32.3. The molecule has 0 amide bonds. The van der Waals surface area contributed by atoms with Crippen LogP contribution in [0.3, 0.4) is 0 Å². The molecule has 0 bridgehead atoms. The molecular formula is C15H37NO2S. The maximum atomic E-state index is 5.79. The normalized spacial score (nSPS) is 12.5. The largest absolute Gasteiger partial charge is 0.301 e. The number of nitrogens with zero attached hydrogens (tertiary/aromatic N) is 1. The van der Waals surface area contributed by atoms with Crippen LogP contribution in [0.2, 0.25) is 0 Å². The Kier molecular flexibility index (Phi) is 15.0. The molecule has 0 N–H and O–H groups in total. The van der Waals surface area contributed by atoms with Crippen LogP contribution in [0.25, 0.3) is 0 Å². The van der Waals surface area contributed by atoms with Crippen LogP contribution in [0.1, 0.15) is 54.9 Å². The average molecular weight is 296 g/mol. The van der Waals surface area contributed by atoms with E-state index in [9.17, 15) is 0 Å². The molecule has 0 aromatic rings. The Balaban J connectivity index is 0. The van der Waals surface area contributed by atoms with Gasteiger partial charge in [-0.3, -0.25) is 8.37 Å². The minimum absolute atomic E-state index is 0.625. The maximum absolute atomic E-state index is 5.79. The standard InChI is InChI=1S/C13H31NO2S.C2H6/c1-7-14(13(4)5)11-10-12-17(6,15-8-2)16-9-3;1-2/h13H,7-12H2,1-6H3;1-2H3. The molecule has 0 saturated carbocycles. The molecule has 120 valence electrons. The molecule has 0 aliphatic rings. The van der Waals surface area contributed by atoms with E-state index in [-0.39, 0.29) is 0 Å². The van der Waals surface area contributed by atoms with Gasteiger partial charge in [0.1, 0.15) is 0 Å². The summed E-state index contributed by atoms with van der Waals surface area (Å²) in [7, 11) is -1.30. The summed E-state index contributed by atoms with van der Waals surface area (Å²) < 4.78 is 11.6. The van der Waals surface area contributed by atoms with Crippen LogP contribution in [0.5, 0.6) is 0 Å². The van der Waals surface area contributed by atoms with E-state index < -0.39 is 10.6 Å². The monoisotopic (exact) mass is 295 g/mol.